The van der Waals surface area contributed by atoms with Crippen LogP contribution in [0.25, 0.3) is 0 Å². The zero-order valence-corrected chi connectivity index (χ0v) is 18.3. The topological polar surface area (TPSA) is 54.2 Å². The summed E-state index contributed by atoms with van der Waals surface area (Å²) >= 11 is 1.73. The second kappa shape index (κ2) is 13.0. The highest BCUT2D eigenvalue weighted by atomic mass is 127. The number of hydrogen-bond donors (Lipinski definition) is 2. The summed E-state index contributed by atoms with van der Waals surface area (Å²) in [5.74, 6) is 2.06. The van der Waals surface area contributed by atoms with Crippen molar-refractivity contribution in [3.05, 3.63) is 48.5 Å². The van der Waals surface area contributed by atoms with Gasteiger partial charge < -0.3 is 10.6 Å². The van der Waals surface area contributed by atoms with Crippen LogP contribution in [0.1, 0.15) is 13.3 Å². The Morgan fingerprint density at radius 1 is 1.31 bits per heavy atom. The molecule has 0 amide bonds. The molecular weight excluding hydrogens is 464 g/mol. The molecule has 2 N–H and O–H groups in total. The van der Waals surface area contributed by atoms with E-state index in [2.05, 4.69) is 27.6 Å². The van der Waals surface area contributed by atoms with Gasteiger partial charge in [0.1, 0.15) is 5.82 Å². The van der Waals surface area contributed by atoms with E-state index in [1.807, 2.05) is 29.1 Å². The summed E-state index contributed by atoms with van der Waals surface area (Å²) in [6.07, 6.45) is 4.78. The van der Waals surface area contributed by atoms with Crippen molar-refractivity contribution in [2.45, 2.75) is 24.8 Å². The van der Waals surface area contributed by atoms with Crippen molar-refractivity contribution in [3.8, 4) is 0 Å². The second-order valence-corrected chi connectivity index (χ2v) is 7.04. The van der Waals surface area contributed by atoms with Gasteiger partial charge >= 0.3 is 0 Å². The lowest BCUT2D eigenvalue weighted by molar-refractivity contribution is 0.443. The summed E-state index contributed by atoms with van der Waals surface area (Å²) in [5, 5.41) is 10.9. The van der Waals surface area contributed by atoms with Crippen LogP contribution >= 0.6 is 35.7 Å². The average molecular weight is 491 g/mol. The Hall–Kier alpha value is -1.29. The highest BCUT2D eigenvalue weighted by Crippen LogP contribution is 2.18. The maximum Gasteiger partial charge on any atom is 0.190 e. The molecule has 0 spiro atoms. The van der Waals surface area contributed by atoms with Gasteiger partial charge in [0.25, 0.3) is 0 Å². The zero-order valence-electron chi connectivity index (χ0n) is 15.2. The minimum absolute atomic E-state index is 0. The van der Waals surface area contributed by atoms with Crippen LogP contribution in [0.15, 0.2) is 52.6 Å². The molecule has 1 unspecified atom stereocenters. The molecule has 144 valence electrons. The molecule has 0 fully saturated rings. The van der Waals surface area contributed by atoms with Crippen LogP contribution < -0.4 is 10.6 Å². The third-order valence-electron chi connectivity index (χ3n) is 3.60. The highest BCUT2D eigenvalue weighted by molar-refractivity contribution is 14.0. The summed E-state index contributed by atoms with van der Waals surface area (Å²) in [6, 6.07) is 8.56. The number of guanidine groups is 1. The molecule has 0 saturated heterocycles. The van der Waals surface area contributed by atoms with E-state index >= 15 is 0 Å². The van der Waals surface area contributed by atoms with Gasteiger partial charge in [-0.25, -0.2) is 4.39 Å². The number of hydrogen-bond acceptors (Lipinski definition) is 3. The van der Waals surface area contributed by atoms with Gasteiger partial charge in [-0.1, -0.05) is 6.92 Å². The Balaban J connectivity index is 0.00000338. The van der Waals surface area contributed by atoms with E-state index in [1.54, 1.807) is 25.0 Å². The predicted molar refractivity (Wildman–Crippen MR) is 118 cm³/mol. The van der Waals surface area contributed by atoms with Gasteiger partial charge in [-0.2, -0.15) is 5.10 Å². The molecule has 2 rings (SSSR count). The minimum Gasteiger partial charge on any atom is -0.356 e. The lowest BCUT2D eigenvalue weighted by atomic mass is 10.2. The summed E-state index contributed by atoms with van der Waals surface area (Å²) < 4.78 is 14.8. The number of benzene rings is 1. The fourth-order valence-corrected chi connectivity index (χ4v) is 3.14. The number of aliphatic imine (C=N–C) groups is 1. The Morgan fingerprint density at radius 3 is 2.73 bits per heavy atom. The van der Waals surface area contributed by atoms with Crippen LogP contribution in [-0.2, 0) is 6.54 Å². The molecule has 1 aromatic heterocycles. The zero-order chi connectivity index (χ0) is 17.9. The number of rotatable bonds is 9. The third-order valence-corrected chi connectivity index (χ3v) is 4.69. The van der Waals surface area contributed by atoms with Gasteiger partial charge in [0.05, 0.1) is 0 Å². The molecule has 2 aromatic rings. The van der Waals surface area contributed by atoms with E-state index in [-0.39, 0.29) is 29.8 Å². The van der Waals surface area contributed by atoms with E-state index in [1.165, 1.54) is 12.1 Å². The SMILES string of the molecule is CN=C(NCCCSc1ccc(F)cc1)NCC(C)Cn1cccn1.I. The number of nitrogens with zero attached hydrogens (tertiary/aromatic N) is 3. The Labute approximate surface area is 176 Å². The molecule has 5 nitrogen and oxygen atoms in total. The van der Waals surface area contributed by atoms with E-state index in [9.17, 15) is 4.39 Å². The van der Waals surface area contributed by atoms with Crippen LogP contribution in [0.2, 0.25) is 0 Å². The van der Waals surface area contributed by atoms with Crippen LogP contribution in [0, 0.1) is 11.7 Å². The van der Waals surface area contributed by atoms with Crippen molar-refractivity contribution in [1.82, 2.24) is 20.4 Å². The Morgan fingerprint density at radius 2 is 2.08 bits per heavy atom. The van der Waals surface area contributed by atoms with Gasteiger partial charge in [-0.3, -0.25) is 9.67 Å². The normalized spacial score (nSPS) is 12.3. The van der Waals surface area contributed by atoms with E-state index in [0.29, 0.717) is 5.92 Å². The van der Waals surface area contributed by atoms with Crippen LogP contribution in [-0.4, -0.2) is 41.6 Å². The standard InChI is InChI=1S/C18H26FN5S.HI/c1-15(14-24-11-3-10-23-24)13-22-18(20-2)21-9-4-12-25-17-7-5-16(19)6-8-17;/h3,5-8,10-11,15H,4,9,12-14H2,1-2H3,(H2,20,21,22);1H. The van der Waals surface area contributed by atoms with Gasteiger partial charge in [0, 0.05) is 44.0 Å². The van der Waals surface area contributed by atoms with E-state index < -0.39 is 0 Å². The van der Waals surface area contributed by atoms with Gasteiger partial charge in [-0.05, 0) is 48.4 Å². The average Bonchev–Trinajstić information content (AvgIpc) is 3.12. The maximum absolute atomic E-state index is 12.8. The van der Waals surface area contributed by atoms with Crippen molar-refractivity contribution in [3.63, 3.8) is 0 Å². The first-order valence-electron chi connectivity index (χ1n) is 8.47. The van der Waals surface area contributed by atoms with Gasteiger partial charge in [0.2, 0.25) is 0 Å². The largest absolute Gasteiger partial charge is 0.356 e. The fraction of sp³-hybridized carbons (Fsp3) is 0.444. The van der Waals surface area contributed by atoms with Crippen molar-refractivity contribution >= 4 is 41.7 Å². The van der Waals surface area contributed by atoms with Crippen LogP contribution in [0.3, 0.4) is 0 Å². The number of nitrogens with one attached hydrogen (secondary N) is 2. The number of aromatic nitrogens is 2. The number of halogens is 2. The first-order valence-corrected chi connectivity index (χ1v) is 9.46. The molecule has 1 aromatic carbocycles. The molecule has 0 bridgehead atoms. The lowest BCUT2D eigenvalue weighted by Gasteiger charge is -2.16. The Bertz CT molecular complexity index is 634. The summed E-state index contributed by atoms with van der Waals surface area (Å²) in [7, 11) is 1.78. The summed E-state index contributed by atoms with van der Waals surface area (Å²) in [5.41, 5.74) is 0. The molecule has 0 aliphatic carbocycles. The molecule has 0 saturated carbocycles. The highest BCUT2D eigenvalue weighted by Gasteiger charge is 2.05. The lowest BCUT2D eigenvalue weighted by Crippen LogP contribution is -2.40. The third kappa shape index (κ3) is 8.88. The Kier molecular flexibility index (Phi) is 11.3. The minimum atomic E-state index is -0.192. The van der Waals surface area contributed by atoms with Crippen molar-refractivity contribution in [2.75, 3.05) is 25.9 Å². The van der Waals surface area contributed by atoms with Gasteiger partial charge in [-0.15, -0.1) is 35.7 Å². The molecule has 8 heteroatoms. The molecule has 1 heterocycles. The molecule has 0 aliphatic heterocycles. The predicted octanol–water partition coefficient (Wildman–Crippen LogP) is 3.62. The molecule has 0 aliphatic rings. The quantitative estimate of drug-likeness (QED) is 0.185. The van der Waals surface area contributed by atoms with Crippen LogP contribution in [0.4, 0.5) is 4.39 Å². The second-order valence-electron chi connectivity index (χ2n) is 5.87. The van der Waals surface area contributed by atoms with E-state index in [0.717, 1.165) is 42.7 Å². The van der Waals surface area contributed by atoms with Gasteiger partial charge in [0.15, 0.2) is 5.96 Å². The monoisotopic (exact) mass is 491 g/mol. The summed E-state index contributed by atoms with van der Waals surface area (Å²) in [6.45, 7) is 4.75. The van der Waals surface area contributed by atoms with Crippen LogP contribution in [0.5, 0.6) is 0 Å². The van der Waals surface area contributed by atoms with E-state index in [4.69, 9.17) is 0 Å². The maximum atomic E-state index is 12.8. The van der Waals surface area contributed by atoms with Crippen molar-refractivity contribution in [2.24, 2.45) is 10.9 Å². The molecular formula is C18H27FIN5S. The van der Waals surface area contributed by atoms with Crippen molar-refractivity contribution in [1.29, 1.82) is 0 Å². The molecule has 0 radical (unpaired) electrons. The number of thioether (sulfide) groups is 1. The van der Waals surface area contributed by atoms with Crippen molar-refractivity contribution < 1.29 is 4.39 Å². The molecule has 26 heavy (non-hydrogen) atoms. The fourth-order valence-electron chi connectivity index (χ4n) is 2.28. The first-order chi connectivity index (χ1) is 12.2. The first kappa shape index (κ1) is 22.8. The molecule has 1 atom stereocenters. The smallest absolute Gasteiger partial charge is 0.190 e. The summed E-state index contributed by atoms with van der Waals surface area (Å²) in [4.78, 5) is 5.34.